The number of rotatable bonds is 5. The van der Waals surface area contributed by atoms with Gasteiger partial charge in [0.1, 0.15) is 11.4 Å². The minimum Gasteiger partial charge on any atom is -0.460 e. The van der Waals surface area contributed by atoms with Crippen LogP contribution in [-0.2, 0) is 14.3 Å². The predicted molar refractivity (Wildman–Crippen MR) is 56.8 cm³/mol. The van der Waals surface area contributed by atoms with Crippen LogP contribution in [0.5, 0.6) is 0 Å². The van der Waals surface area contributed by atoms with E-state index in [-0.39, 0.29) is 24.5 Å². The summed E-state index contributed by atoms with van der Waals surface area (Å²) in [5.74, 6) is -0.948. The van der Waals surface area contributed by atoms with Crippen LogP contribution in [0.4, 0.5) is 0 Å². The lowest BCUT2D eigenvalue weighted by Gasteiger charge is -2.20. The molecular weight excluding hydrogens is 220 g/mol. The van der Waals surface area contributed by atoms with Crippen molar-refractivity contribution in [1.29, 1.82) is 0 Å². The van der Waals surface area contributed by atoms with Crippen LogP contribution >= 0.6 is 11.6 Å². The molecule has 0 aliphatic heterocycles. The van der Waals surface area contributed by atoms with Gasteiger partial charge in [-0.15, -0.1) is 11.6 Å². The SMILES string of the molecule is CC(C)(C)OC(=O)C[C@@H](O)CC(=O)CCl. The van der Waals surface area contributed by atoms with E-state index in [4.69, 9.17) is 16.3 Å². The molecule has 15 heavy (non-hydrogen) atoms. The van der Waals surface area contributed by atoms with Gasteiger partial charge in [-0.3, -0.25) is 9.59 Å². The number of ether oxygens (including phenoxy) is 1. The highest BCUT2D eigenvalue weighted by molar-refractivity contribution is 6.27. The Kier molecular flexibility index (Phi) is 5.83. The number of alkyl halides is 1. The highest BCUT2D eigenvalue weighted by Crippen LogP contribution is 2.10. The van der Waals surface area contributed by atoms with Crippen LogP contribution in [0.25, 0.3) is 0 Å². The Labute approximate surface area is 94.6 Å². The van der Waals surface area contributed by atoms with Crippen LogP contribution < -0.4 is 0 Å². The van der Waals surface area contributed by atoms with Crippen LogP contribution in [0.2, 0.25) is 0 Å². The summed E-state index contributed by atoms with van der Waals surface area (Å²) in [5.41, 5.74) is -0.576. The van der Waals surface area contributed by atoms with Gasteiger partial charge in [0.05, 0.1) is 18.4 Å². The van der Waals surface area contributed by atoms with Gasteiger partial charge in [-0.25, -0.2) is 0 Å². The lowest BCUT2D eigenvalue weighted by atomic mass is 10.1. The van der Waals surface area contributed by atoms with Crippen molar-refractivity contribution in [3.05, 3.63) is 0 Å². The number of aliphatic hydroxyl groups is 1. The second kappa shape index (κ2) is 6.08. The van der Waals surface area contributed by atoms with E-state index in [9.17, 15) is 14.7 Å². The Balaban J connectivity index is 3.92. The molecular formula is C10H17ClO4. The maximum absolute atomic E-state index is 11.2. The average Bonchev–Trinajstić information content (AvgIpc) is 1.99. The molecule has 0 saturated carbocycles. The second-order valence-electron chi connectivity index (χ2n) is 4.32. The predicted octanol–water partition coefficient (Wildman–Crippen LogP) is 1.28. The molecule has 4 nitrogen and oxygen atoms in total. The molecule has 0 fully saturated rings. The minimum atomic E-state index is -1.01. The monoisotopic (exact) mass is 236 g/mol. The smallest absolute Gasteiger partial charge is 0.308 e. The number of Topliss-reactive ketones (excluding diaryl/α,β-unsaturated/α-hetero) is 1. The summed E-state index contributed by atoms with van der Waals surface area (Å²) in [6.07, 6.45) is -1.30. The molecule has 0 bridgehead atoms. The summed E-state index contributed by atoms with van der Waals surface area (Å²) >= 11 is 5.26. The normalized spacial score (nSPS) is 13.4. The van der Waals surface area contributed by atoms with Gasteiger partial charge in [0.25, 0.3) is 0 Å². The van der Waals surface area contributed by atoms with Crippen LogP contribution in [-0.4, -0.2) is 34.4 Å². The molecule has 0 heterocycles. The molecule has 0 aromatic carbocycles. The number of esters is 1. The first-order valence-electron chi connectivity index (χ1n) is 4.72. The largest absolute Gasteiger partial charge is 0.460 e. The third-order valence-corrected chi connectivity index (χ3v) is 1.73. The van der Waals surface area contributed by atoms with E-state index in [1.807, 2.05) is 0 Å². The zero-order valence-electron chi connectivity index (χ0n) is 9.25. The molecule has 0 aliphatic rings. The lowest BCUT2D eigenvalue weighted by molar-refractivity contribution is -0.157. The Morgan fingerprint density at radius 3 is 2.27 bits per heavy atom. The van der Waals surface area contributed by atoms with Gasteiger partial charge in [0.15, 0.2) is 0 Å². The van der Waals surface area contributed by atoms with Crippen LogP contribution in [0.15, 0.2) is 0 Å². The van der Waals surface area contributed by atoms with Crippen LogP contribution in [0, 0.1) is 0 Å². The molecule has 0 unspecified atom stereocenters. The fourth-order valence-electron chi connectivity index (χ4n) is 0.965. The van der Waals surface area contributed by atoms with Crippen molar-refractivity contribution >= 4 is 23.4 Å². The van der Waals surface area contributed by atoms with Gasteiger partial charge in [-0.05, 0) is 20.8 Å². The fourth-order valence-corrected chi connectivity index (χ4v) is 1.07. The number of carbonyl (C=O) groups is 2. The highest BCUT2D eigenvalue weighted by Gasteiger charge is 2.20. The first-order chi connectivity index (χ1) is 6.74. The van der Waals surface area contributed by atoms with E-state index in [0.717, 1.165) is 0 Å². The number of ketones is 1. The number of carbonyl (C=O) groups excluding carboxylic acids is 2. The molecule has 88 valence electrons. The van der Waals surface area contributed by atoms with Crippen molar-refractivity contribution in [3.8, 4) is 0 Å². The molecule has 0 aromatic rings. The standard InChI is InChI=1S/C10H17ClO4/c1-10(2,3)15-9(14)5-7(12)4-8(13)6-11/h7,12H,4-6H2,1-3H3/t7-/m0/s1. The number of aliphatic hydroxyl groups excluding tert-OH is 1. The van der Waals surface area contributed by atoms with Crippen LogP contribution in [0.3, 0.4) is 0 Å². The average molecular weight is 237 g/mol. The van der Waals surface area contributed by atoms with Crippen LogP contribution in [0.1, 0.15) is 33.6 Å². The molecule has 1 N–H and O–H groups in total. The maximum atomic E-state index is 11.2. The molecule has 0 spiro atoms. The number of hydrogen-bond donors (Lipinski definition) is 1. The number of halogens is 1. The van der Waals surface area contributed by atoms with Crippen molar-refractivity contribution in [1.82, 2.24) is 0 Å². The second-order valence-corrected chi connectivity index (χ2v) is 4.59. The maximum Gasteiger partial charge on any atom is 0.308 e. The molecule has 0 aliphatic carbocycles. The molecule has 0 saturated heterocycles. The molecule has 0 rings (SSSR count). The van der Waals surface area contributed by atoms with Gasteiger partial charge in [0.2, 0.25) is 0 Å². The first kappa shape index (κ1) is 14.4. The Bertz CT molecular complexity index is 232. The van der Waals surface area contributed by atoms with Gasteiger partial charge in [-0.1, -0.05) is 0 Å². The third-order valence-electron chi connectivity index (χ3n) is 1.43. The molecule has 0 amide bonds. The van der Waals surface area contributed by atoms with E-state index in [0.29, 0.717) is 0 Å². The van der Waals surface area contributed by atoms with E-state index in [1.54, 1.807) is 20.8 Å². The summed E-state index contributed by atoms with van der Waals surface area (Å²) in [6, 6.07) is 0. The zero-order valence-corrected chi connectivity index (χ0v) is 10.0. The zero-order chi connectivity index (χ0) is 12.1. The first-order valence-corrected chi connectivity index (χ1v) is 5.25. The summed E-state index contributed by atoms with van der Waals surface area (Å²) < 4.78 is 4.98. The number of hydrogen-bond acceptors (Lipinski definition) is 4. The van der Waals surface area contributed by atoms with Crippen molar-refractivity contribution < 1.29 is 19.4 Å². The van der Waals surface area contributed by atoms with Gasteiger partial charge < -0.3 is 9.84 Å². The summed E-state index contributed by atoms with van der Waals surface area (Å²) in [7, 11) is 0. The summed E-state index contributed by atoms with van der Waals surface area (Å²) in [6.45, 7) is 5.21. The highest BCUT2D eigenvalue weighted by atomic mass is 35.5. The van der Waals surface area contributed by atoms with E-state index in [2.05, 4.69) is 0 Å². The van der Waals surface area contributed by atoms with Crippen molar-refractivity contribution in [2.45, 2.75) is 45.3 Å². The molecule has 0 radical (unpaired) electrons. The fraction of sp³-hybridized carbons (Fsp3) is 0.800. The molecule has 5 heteroatoms. The Hall–Kier alpha value is -0.610. The topological polar surface area (TPSA) is 63.6 Å². The minimum absolute atomic E-state index is 0.108. The van der Waals surface area contributed by atoms with Crippen molar-refractivity contribution in [2.75, 3.05) is 5.88 Å². The quantitative estimate of drug-likeness (QED) is 0.577. The van der Waals surface area contributed by atoms with E-state index >= 15 is 0 Å². The van der Waals surface area contributed by atoms with Gasteiger partial charge in [0, 0.05) is 6.42 Å². The summed E-state index contributed by atoms with van der Waals surface area (Å²) in [4.78, 5) is 22.1. The Morgan fingerprint density at radius 2 is 1.87 bits per heavy atom. The summed E-state index contributed by atoms with van der Waals surface area (Å²) in [5, 5.41) is 9.34. The molecule has 1 atom stereocenters. The third kappa shape index (κ3) is 8.39. The van der Waals surface area contributed by atoms with E-state index < -0.39 is 17.7 Å². The van der Waals surface area contributed by atoms with E-state index in [1.165, 1.54) is 0 Å². The van der Waals surface area contributed by atoms with Crippen molar-refractivity contribution in [3.63, 3.8) is 0 Å². The van der Waals surface area contributed by atoms with Gasteiger partial charge in [-0.2, -0.15) is 0 Å². The lowest BCUT2D eigenvalue weighted by Crippen LogP contribution is -2.27. The Morgan fingerprint density at radius 1 is 1.33 bits per heavy atom. The molecule has 0 aromatic heterocycles. The van der Waals surface area contributed by atoms with Gasteiger partial charge >= 0.3 is 5.97 Å². The van der Waals surface area contributed by atoms with Crippen molar-refractivity contribution in [2.24, 2.45) is 0 Å².